The summed E-state index contributed by atoms with van der Waals surface area (Å²) in [6, 6.07) is 0. The molecule has 0 spiro atoms. The van der Waals surface area contributed by atoms with Crippen LogP contribution in [0.15, 0.2) is 12.4 Å². The maximum atomic E-state index is 11.6. The number of aromatic nitrogens is 2. The molecule has 1 amide bonds. The summed E-state index contributed by atoms with van der Waals surface area (Å²) in [7, 11) is 0.891. The predicted molar refractivity (Wildman–Crippen MR) is 67.5 cm³/mol. The van der Waals surface area contributed by atoms with E-state index in [0.717, 1.165) is 0 Å². The zero-order chi connectivity index (χ0) is 12.7. The standard InChI is InChI=1S/C10H16N4O2S/c1-11-9-7-12-6-8(14-9)10(15)13-4-3-5-17(2)16/h6-7H,3-5H2,1-2H3,(H,11,14)(H,13,15). The summed E-state index contributed by atoms with van der Waals surface area (Å²) in [5.41, 5.74) is 0.273. The summed E-state index contributed by atoms with van der Waals surface area (Å²) in [5, 5.41) is 5.51. The molecule has 0 radical (unpaired) electrons. The van der Waals surface area contributed by atoms with Gasteiger partial charge < -0.3 is 10.6 Å². The average Bonchev–Trinajstić information content (AvgIpc) is 2.34. The van der Waals surface area contributed by atoms with Crippen molar-refractivity contribution in [2.75, 3.05) is 30.9 Å². The van der Waals surface area contributed by atoms with Gasteiger partial charge in [-0.15, -0.1) is 0 Å². The molecule has 0 saturated carbocycles. The van der Waals surface area contributed by atoms with Gasteiger partial charge in [0.15, 0.2) is 0 Å². The molecule has 0 aromatic carbocycles. The van der Waals surface area contributed by atoms with E-state index < -0.39 is 10.8 Å². The average molecular weight is 256 g/mol. The van der Waals surface area contributed by atoms with Crippen LogP contribution < -0.4 is 10.6 Å². The zero-order valence-corrected chi connectivity index (χ0v) is 10.7. The van der Waals surface area contributed by atoms with Gasteiger partial charge in [-0.25, -0.2) is 4.98 Å². The molecule has 0 aliphatic rings. The molecule has 1 aromatic rings. The molecule has 1 atom stereocenters. The maximum absolute atomic E-state index is 11.6. The minimum absolute atomic E-state index is 0.267. The van der Waals surface area contributed by atoms with E-state index in [1.807, 2.05) is 0 Å². The first kappa shape index (κ1) is 13.6. The molecule has 1 unspecified atom stereocenters. The third kappa shape index (κ3) is 4.90. The number of hydrogen-bond acceptors (Lipinski definition) is 5. The lowest BCUT2D eigenvalue weighted by atomic mass is 10.4. The summed E-state index contributed by atoms with van der Waals surface area (Å²) >= 11 is 0. The van der Waals surface area contributed by atoms with Crippen LogP contribution in [0.4, 0.5) is 5.82 Å². The van der Waals surface area contributed by atoms with Crippen LogP contribution >= 0.6 is 0 Å². The Hall–Kier alpha value is -1.50. The fourth-order valence-electron chi connectivity index (χ4n) is 1.16. The fraction of sp³-hybridized carbons (Fsp3) is 0.500. The van der Waals surface area contributed by atoms with Crippen molar-refractivity contribution < 1.29 is 9.00 Å². The number of nitrogens with zero attached hydrogens (tertiary/aromatic N) is 2. The molecular formula is C10H16N4O2S. The van der Waals surface area contributed by atoms with Crippen molar-refractivity contribution in [3.8, 4) is 0 Å². The molecule has 0 bridgehead atoms. The van der Waals surface area contributed by atoms with Gasteiger partial charge in [-0.3, -0.25) is 14.0 Å². The molecule has 0 saturated heterocycles. The Morgan fingerprint density at radius 1 is 1.47 bits per heavy atom. The van der Waals surface area contributed by atoms with Gasteiger partial charge in [0, 0.05) is 36.4 Å². The lowest BCUT2D eigenvalue weighted by Crippen LogP contribution is -2.26. The summed E-state index contributed by atoms with van der Waals surface area (Å²) < 4.78 is 10.8. The Morgan fingerprint density at radius 3 is 2.88 bits per heavy atom. The molecule has 94 valence electrons. The van der Waals surface area contributed by atoms with Gasteiger partial charge in [0.1, 0.15) is 11.5 Å². The second-order valence-corrected chi connectivity index (χ2v) is 4.98. The first-order chi connectivity index (χ1) is 8.13. The molecule has 0 aliphatic heterocycles. The highest BCUT2D eigenvalue weighted by molar-refractivity contribution is 7.84. The Balaban J connectivity index is 2.43. The van der Waals surface area contributed by atoms with Gasteiger partial charge in [-0.05, 0) is 6.42 Å². The van der Waals surface area contributed by atoms with Gasteiger partial charge in [0.25, 0.3) is 5.91 Å². The highest BCUT2D eigenvalue weighted by Gasteiger charge is 2.07. The molecule has 6 nitrogen and oxygen atoms in total. The summed E-state index contributed by atoms with van der Waals surface area (Å²) in [6.45, 7) is 0.490. The zero-order valence-electron chi connectivity index (χ0n) is 9.90. The van der Waals surface area contributed by atoms with E-state index in [9.17, 15) is 9.00 Å². The lowest BCUT2D eigenvalue weighted by molar-refractivity contribution is 0.0948. The Labute approximate surface area is 103 Å². The third-order valence-corrected chi connectivity index (χ3v) is 2.88. The molecule has 17 heavy (non-hydrogen) atoms. The number of nitrogens with one attached hydrogen (secondary N) is 2. The Morgan fingerprint density at radius 2 is 2.24 bits per heavy atom. The monoisotopic (exact) mass is 256 g/mol. The minimum Gasteiger partial charge on any atom is -0.372 e. The van der Waals surface area contributed by atoms with Crippen LogP contribution in [0.2, 0.25) is 0 Å². The first-order valence-electron chi connectivity index (χ1n) is 5.21. The van der Waals surface area contributed by atoms with Crippen molar-refractivity contribution >= 4 is 22.5 Å². The van der Waals surface area contributed by atoms with Gasteiger partial charge in [0.05, 0.1) is 12.4 Å². The SMILES string of the molecule is CNc1cncc(C(=O)NCCCS(C)=O)n1. The van der Waals surface area contributed by atoms with Crippen molar-refractivity contribution in [3.05, 3.63) is 18.1 Å². The van der Waals surface area contributed by atoms with Crippen molar-refractivity contribution in [3.63, 3.8) is 0 Å². The van der Waals surface area contributed by atoms with Crippen LogP contribution in [-0.4, -0.2) is 45.7 Å². The van der Waals surface area contributed by atoms with Gasteiger partial charge >= 0.3 is 0 Å². The van der Waals surface area contributed by atoms with Crippen molar-refractivity contribution in [1.29, 1.82) is 0 Å². The summed E-state index contributed by atoms with van der Waals surface area (Å²) in [4.78, 5) is 19.6. The molecule has 1 heterocycles. The third-order valence-electron chi connectivity index (χ3n) is 2.02. The van der Waals surface area contributed by atoms with Crippen molar-refractivity contribution in [1.82, 2.24) is 15.3 Å². The van der Waals surface area contributed by atoms with E-state index in [-0.39, 0.29) is 11.6 Å². The number of anilines is 1. The normalized spacial score (nSPS) is 11.9. The van der Waals surface area contributed by atoms with Crippen LogP contribution in [-0.2, 0) is 10.8 Å². The summed E-state index contributed by atoms with van der Waals surface area (Å²) in [6.07, 6.45) is 5.28. The number of hydrogen-bond donors (Lipinski definition) is 2. The number of carbonyl (C=O) groups excluding carboxylic acids is 1. The second kappa shape index (κ2) is 6.95. The maximum Gasteiger partial charge on any atom is 0.271 e. The van der Waals surface area contributed by atoms with Crippen LogP contribution in [0.1, 0.15) is 16.9 Å². The van der Waals surface area contributed by atoms with E-state index in [2.05, 4.69) is 20.6 Å². The van der Waals surface area contributed by atoms with Crippen LogP contribution in [0, 0.1) is 0 Å². The number of amides is 1. The van der Waals surface area contributed by atoms with Crippen molar-refractivity contribution in [2.24, 2.45) is 0 Å². The van der Waals surface area contributed by atoms with Gasteiger partial charge in [0.2, 0.25) is 0 Å². The Bertz CT molecular complexity index is 411. The minimum atomic E-state index is -0.819. The van der Waals surface area contributed by atoms with E-state index in [0.29, 0.717) is 24.5 Å². The fourth-order valence-corrected chi connectivity index (χ4v) is 1.71. The van der Waals surface area contributed by atoms with Crippen LogP contribution in [0.3, 0.4) is 0 Å². The highest BCUT2D eigenvalue weighted by atomic mass is 32.2. The number of rotatable bonds is 6. The smallest absolute Gasteiger partial charge is 0.271 e. The van der Waals surface area contributed by atoms with Crippen LogP contribution in [0.5, 0.6) is 0 Å². The van der Waals surface area contributed by atoms with E-state index in [1.54, 1.807) is 13.3 Å². The van der Waals surface area contributed by atoms with Crippen molar-refractivity contribution in [2.45, 2.75) is 6.42 Å². The molecule has 1 aromatic heterocycles. The van der Waals surface area contributed by atoms with E-state index in [1.165, 1.54) is 12.4 Å². The van der Waals surface area contributed by atoms with Gasteiger partial charge in [-0.1, -0.05) is 0 Å². The quantitative estimate of drug-likeness (QED) is 0.701. The second-order valence-electron chi connectivity index (χ2n) is 3.43. The molecule has 0 fully saturated rings. The summed E-state index contributed by atoms with van der Waals surface area (Å²) in [5.74, 6) is 0.867. The molecule has 1 rings (SSSR count). The van der Waals surface area contributed by atoms with Crippen LogP contribution in [0.25, 0.3) is 0 Å². The largest absolute Gasteiger partial charge is 0.372 e. The van der Waals surface area contributed by atoms with E-state index >= 15 is 0 Å². The molecule has 7 heteroatoms. The van der Waals surface area contributed by atoms with Gasteiger partial charge in [-0.2, -0.15) is 0 Å². The molecule has 2 N–H and O–H groups in total. The lowest BCUT2D eigenvalue weighted by Gasteiger charge is -2.04. The molecule has 0 aliphatic carbocycles. The predicted octanol–water partition coefficient (Wildman–Crippen LogP) is 0.0167. The topological polar surface area (TPSA) is 84.0 Å². The highest BCUT2D eigenvalue weighted by Crippen LogP contribution is 2.00. The van der Waals surface area contributed by atoms with E-state index in [4.69, 9.17) is 0 Å². The number of carbonyl (C=O) groups is 1. The first-order valence-corrected chi connectivity index (χ1v) is 6.94. The molecular weight excluding hydrogens is 240 g/mol. The Kier molecular flexibility index (Phi) is 5.55.